The van der Waals surface area contributed by atoms with Crippen molar-refractivity contribution in [2.45, 2.75) is 19.6 Å². The Kier molecular flexibility index (Phi) is 8.61. The molecule has 0 bridgehead atoms. The predicted octanol–water partition coefficient (Wildman–Crippen LogP) is 5.66. The van der Waals surface area contributed by atoms with Crippen LogP contribution in [0.1, 0.15) is 21.5 Å². The van der Waals surface area contributed by atoms with Gasteiger partial charge in [0.25, 0.3) is 5.91 Å². The number of ether oxygens (including phenoxy) is 2. The summed E-state index contributed by atoms with van der Waals surface area (Å²) in [4.78, 5) is 24.3. The van der Waals surface area contributed by atoms with Gasteiger partial charge >= 0.3 is 6.18 Å². The summed E-state index contributed by atoms with van der Waals surface area (Å²) >= 11 is 0. The van der Waals surface area contributed by atoms with Gasteiger partial charge in [0.2, 0.25) is 5.95 Å². The standard InChI is InChI=1S/C33H32F3N7O3/c1-20-6-7-21(31(44)40-25-5-3-4-24(16-25)33(34,35)36)14-26(20)27-15-22-17-38-32(37)41-29(22)28(30(27)45-2)23-18-39-43(19-23)9-8-42-10-12-46-13-11-42/h3-7,14-19H,8-13H2,1-2H3,(H,40,44)(H2,37,38,41). The van der Waals surface area contributed by atoms with Gasteiger partial charge in [-0.2, -0.15) is 18.3 Å². The van der Waals surface area contributed by atoms with Crippen molar-refractivity contribution < 1.29 is 27.4 Å². The Balaban J connectivity index is 1.38. The highest BCUT2D eigenvalue weighted by atomic mass is 19.4. The number of alkyl halides is 3. The first-order valence-electron chi connectivity index (χ1n) is 14.7. The zero-order chi connectivity index (χ0) is 32.4. The molecular weight excluding hydrogens is 599 g/mol. The van der Waals surface area contributed by atoms with E-state index in [0.717, 1.165) is 56.1 Å². The number of methoxy groups -OCH3 is 1. The van der Waals surface area contributed by atoms with Gasteiger partial charge in [0.15, 0.2) is 0 Å². The second-order valence-electron chi connectivity index (χ2n) is 11.0. The van der Waals surface area contributed by atoms with E-state index in [1.54, 1.807) is 37.7 Å². The first kappa shape index (κ1) is 31.0. The average Bonchev–Trinajstić information content (AvgIpc) is 3.52. The summed E-state index contributed by atoms with van der Waals surface area (Å²) in [5.41, 5.74) is 9.67. The van der Waals surface area contributed by atoms with Gasteiger partial charge < -0.3 is 20.5 Å². The minimum Gasteiger partial charge on any atom is -0.495 e. The second kappa shape index (κ2) is 12.8. The molecule has 0 saturated carbocycles. The zero-order valence-corrected chi connectivity index (χ0v) is 25.3. The van der Waals surface area contributed by atoms with Gasteiger partial charge in [0.05, 0.1) is 49.7 Å². The number of nitrogen functional groups attached to an aromatic ring is 1. The number of carbonyl (C=O) groups is 1. The van der Waals surface area contributed by atoms with Crippen LogP contribution in [0.5, 0.6) is 5.75 Å². The molecule has 10 nitrogen and oxygen atoms in total. The van der Waals surface area contributed by atoms with Crippen molar-refractivity contribution in [1.29, 1.82) is 0 Å². The molecule has 0 unspecified atom stereocenters. The number of amides is 1. The third kappa shape index (κ3) is 6.51. The Labute approximate surface area is 263 Å². The predicted molar refractivity (Wildman–Crippen MR) is 169 cm³/mol. The summed E-state index contributed by atoms with van der Waals surface area (Å²) in [6, 6.07) is 11.5. The van der Waals surface area contributed by atoms with Gasteiger partial charge in [-0.05, 0) is 54.4 Å². The number of benzene rings is 3. The zero-order valence-electron chi connectivity index (χ0n) is 25.3. The molecule has 3 N–H and O–H groups in total. The maximum atomic E-state index is 13.3. The van der Waals surface area contributed by atoms with E-state index in [0.29, 0.717) is 39.9 Å². The minimum absolute atomic E-state index is 0.0351. The third-order valence-electron chi connectivity index (χ3n) is 7.96. The number of nitrogens with one attached hydrogen (secondary N) is 1. The van der Waals surface area contributed by atoms with E-state index in [4.69, 9.17) is 15.2 Å². The second-order valence-corrected chi connectivity index (χ2v) is 11.0. The lowest BCUT2D eigenvalue weighted by molar-refractivity contribution is -0.137. The van der Waals surface area contributed by atoms with E-state index in [2.05, 4.69) is 25.3 Å². The fraction of sp³-hybridized carbons (Fsp3) is 0.273. The van der Waals surface area contributed by atoms with Gasteiger partial charge in [-0.3, -0.25) is 14.4 Å². The number of anilines is 2. The molecule has 1 saturated heterocycles. The summed E-state index contributed by atoms with van der Waals surface area (Å²) in [5, 5.41) is 7.88. The lowest BCUT2D eigenvalue weighted by Crippen LogP contribution is -2.38. The number of nitrogens with two attached hydrogens (primary N) is 1. The Bertz CT molecular complexity index is 1900. The summed E-state index contributed by atoms with van der Waals surface area (Å²) in [6.07, 6.45) is 0.790. The molecule has 1 amide bonds. The molecule has 1 aliphatic rings. The van der Waals surface area contributed by atoms with Crippen LogP contribution in [0.25, 0.3) is 33.2 Å². The smallest absolute Gasteiger partial charge is 0.416 e. The number of nitrogens with zero attached hydrogens (tertiary/aromatic N) is 5. The minimum atomic E-state index is -4.53. The normalized spacial score (nSPS) is 14.0. The van der Waals surface area contributed by atoms with E-state index in [1.807, 2.05) is 23.9 Å². The van der Waals surface area contributed by atoms with E-state index >= 15 is 0 Å². The number of morpholine rings is 1. The highest BCUT2D eigenvalue weighted by molar-refractivity contribution is 6.06. The quantitative estimate of drug-likeness (QED) is 0.225. The molecule has 1 aliphatic heterocycles. The highest BCUT2D eigenvalue weighted by Crippen LogP contribution is 2.44. The Hall–Kier alpha value is -5.01. The molecule has 0 atom stereocenters. The molecule has 3 aromatic carbocycles. The molecule has 3 heterocycles. The topological polar surface area (TPSA) is 120 Å². The Morgan fingerprint density at radius 2 is 1.87 bits per heavy atom. The number of aryl methyl sites for hydroxylation is 1. The third-order valence-corrected chi connectivity index (χ3v) is 7.96. The van der Waals surface area contributed by atoms with Crippen molar-refractivity contribution in [2.24, 2.45) is 0 Å². The van der Waals surface area contributed by atoms with Crippen LogP contribution < -0.4 is 15.8 Å². The molecule has 5 aromatic rings. The first-order chi connectivity index (χ1) is 22.1. The molecule has 0 spiro atoms. The summed E-state index contributed by atoms with van der Waals surface area (Å²) < 4.78 is 53.1. The van der Waals surface area contributed by atoms with Crippen molar-refractivity contribution in [1.82, 2.24) is 24.6 Å². The molecule has 0 radical (unpaired) electrons. The largest absolute Gasteiger partial charge is 0.495 e. The Morgan fingerprint density at radius 1 is 1.07 bits per heavy atom. The summed E-state index contributed by atoms with van der Waals surface area (Å²) in [6.45, 7) is 6.59. The van der Waals surface area contributed by atoms with Crippen molar-refractivity contribution in [3.05, 3.63) is 83.8 Å². The summed E-state index contributed by atoms with van der Waals surface area (Å²) in [5.74, 6) is 0.0442. The monoisotopic (exact) mass is 631 g/mol. The molecule has 6 rings (SSSR count). The van der Waals surface area contributed by atoms with Crippen LogP contribution in [0.2, 0.25) is 0 Å². The van der Waals surface area contributed by atoms with E-state index in [9.17, 15) is 18.0 Å². The van der Waals surface area contributed by atoms with Crippen molar-refractivity contribution in [3.8, 4) is 28.0 Å². The fourth-order valence-corrected chi connectivity index (χ4v) is 5.57. The number of carbonyl (C=O) groups excluding carboxylic acids is 1. The van der Waals surface area contributed by atoms with Gasteiger partial charge in [-0.15, -0.1) is 0 Å². The molecule has 238 valence electrons. The van der Waals surface area contributed by atoms with Crippen LogP contribution in [0.15, 0.2) is 67.1 Å². The van der Waals surface area contributed by atoms with Crippen LogP contribution >= 0.6 is 0 Å². The lowest BCUT2D eigenvalue weighted by Gasteiger charge is -2.26. The van der Waals surface area contributed by atoms with Crippen LogP contribution in [-0.2, 0) is 17.5 Å². The molecule has 1 fully saturated rings. The number of hydrogen-bond acceptors (Lipinski definition) is 8. The van der Waals surface area contributed by atoms with Crippen molar-refractivity contribution in [3.63, 3.8) is 0 Å². The SMILES string of the molecule is COc1c(-c2cc(C(=O)Nc3cccc(C(F)(F)F)c3)ccc2C)cc2cnc(N)nc2c1-c1cnn(CCN2CCOCC2)c1. The molecule has 2 aromatic heterocycles. The number of aromatic nitrogens is 4. The van der Waals surface area contributed by atoms with E-state index < -0.39 is 17.6 Å². The van der Waals surface area contributed by atoms with Gasteiger partial charge in [-0.1, -0.05) is 12.1 Å². The molecule has 46 heavy (non-hydrogen) atoms. The number of halogens is 3. The maximum Gasteiger partial charge on any atom is 0.416 e. The van der Waals surface area contributed by atoms with Crippen molar-refractivity contribution in [2.75, 3.05) is 51.0 Å². The van der Waals surface area contributed by atoms with E-state index in [1.165, 1.54) is 12.1 Å². The number of rotatable bonds is 8. The van der Waals surface area contributed by atoms with Gasteiger partial charge in [-0.25, -0.2) is 9.97 Å². The number of hydrogen-bond donors (Lipinski definition) is 2. The maximum absolute atomic E-state index is 13.3. The highest BCUT2D eigenvalue weighted by Gasteiger charge is 2.30. The van der Waals surface area contributed by atoms with Gasteiger partial charge in [0, 0.05) is 59.8 Å². The van der Waals surface area contributed by atoms with E-state index in [-0.39, 0.29) is 17.2 Å². The Morgan fingerprint density at radius 3 is 2.63 bits per heavy atom. The molecule has 0 aliphatic carbocycles. The molecule has 13 heteroatoms. The van der Waals surface area contributed by atoms with Crippen LogP contribution in [0.4, 0.5) is 24.8 Å². The van der Waals surface area contributed by atoms with Crippen LogP contribution in [-0.4, -0.2) is 70.5 Å². The first-order valence-corrected chi connectivity index (χ1v) is 14.7. The molecular formula is C33H32F3N7O3. The lowest BCUT2D eigenvalue weighted by atomic mass is 9.92. The van der Waals surface area contributed by atoms with Crippen LogP contribution in [0, 0.1) is 6.92 Å². The average molecular weight is 632 g/mol. The van der Waals surface area contributed by atoms with Crippen molar-refractivity contribution >= 4 is 28.4 Å². The summed E-state index contributed by atoms with van der Waals surface area (Å²) in [7, 11) is 1.56. The van der Waals surface area contributed by atoms with Gasteiger partial charge in [0.1, 0.15) is 5.75 Å². The number of fused-ring (bicyclic) bond motifs is 1. The fourth-order valence-electron chi connectivity index (χ4n) is 5.57. The van der Waals surface area contributed by atoms with Crippen LogP contribution in [0.3, 0.4) is 0 Å².